The first-order chi connectivity index (χ1) is 8.25. The van der Waals surface area contributed by atoms with Gasteiger partial charge in [0.2, 0.25) is 0 Å². The molecule has 0 saturated heterocycles. The van der Waals surface area contributed by atoms with Gasteiger partial charge in [-0.15, -0.1) is 0 Å². The standard InChI is InChI=1S/C16H17Cl/c17-15-4-2-12-5-6-16(10-13(12)8-15)9-11-1-3-14(16)7-11/h1-2,4,8,14H,3,5-7,9-10H2. The normalized spacial score (nSPS) is 33.9. The number of halogens is 1. The fraction of sp³-hybridized carbons (Fsp3) is 0.500. The zero-order valence-corrected chi connectivity index (χ0v) is 10.8. The number of fused-ring (bicyclic) bond motifs is 4. The van der Waals surface area contributed by atoms with E-state index in [4.69, 9.17) is 11.6 Å². The van der Waals surface area contributed by atoms with Crippen molar-refractivity contribution in [3.8, 4) is 0 Å². The van der Waals surface area contributed by atoms with Crippen molar-refractivity contribution in [1.82, 2.24) is 0 Å². The molecule has 0 nitrogen and oxygen atoms in total. The molecule has 88 valence electrons. The van der Waals surface area contributed by atoms with Crippen LogP contribution in [0.1, 0.15) is 36.8 Å². The molecule has 3 aliphatic carbocycles. The fourth-order valence-corrected chi connectivity index (χ4v) is 4.55. The van der Waals surface area contributed by atoms with Crippen molar-refractivity contribution in [2.24, 2.45) is 11.3 Å². The van der Waals surface area contributed by atoms with Gasteiger partial charge in [-0.3, -0.25) is 0 Å². The third-order valence-electron chi connectivity index (χ3n) is 5.25. The number of hydrogen-bond donors (Lipinski definition) is 0. The van der Waals surface area contributed by atoms with Crippen LogP contribution in [0, 0.1) is 11.3 Å². The van der Waals surface area contributed by atoms with Crippen molar-refractivity contribution in [1.29, 1.82) is 0 Å². The van der Waals surface area contributed by atoms with E-state index in [-0.39, 0.29) is 0 Å². The van der Waals surface area contributed by atoms with Crippen LogP contribution in [0.5, 0.6) is 0 Å². The summed E-state index contributed by atoms with van der Waals surface area (Å²) in [6, 6.07) is 6.48. The first kappa shape index (κ1) is 10.2. The van der Waals surface area contributed by atoms with E-state index < -0.39 is 0 Å². The number of hydrogen-bond acceptors (Lipinski definition) is 0. The van der Waals surface area contributed by atoms with Gasteiger partial charge in [0.1, 0.15) is 0 Å². The topological polar surface area (TPSA) is 0 Å². The predicted molar refractivity (Wildman–Crippen MR) is 71.3 cm³/mol. The molecule has 0 N–H and O–H groups in total. The zero-order chi connectivity index (χ0) is 11.5. The van der Waals surface area contributed by atoms with Crippen LogP contribution in [0.25, 0.3) is 0 Å². The van der Waals surface area contributed by atoms with Crippen molar-refractivity contribution in [3.63, 3.8) is 0 Å². The zero-order valence-electron chi connectivity index (χ0n) is 10.0. The molecule has 0 aromatic heterocycles. The molecule has 2 unspecified atom stereocenters. The summed E-state index contributed by atoms with van der Waals surface area (Å²) in [7, 11) is 0. The molecule has 0 aliphatic heterocycles. The minimum Gasteiger partial charge on any atom is -0.0850 e. The number of benzene rings is 1. The minimum absolute atomic E-state index is 0.599. The molecule has 1 aromatic carbocycles. The molecule has 3 aliphatic rings. The van der Waals surface area contributed by atoms with Gasteiger partial charge in [0.25, 0.3) is 0 Å². The van der Waals surface area contributed by atoms with E-state index in [2.05, 4.69) is 18.2 Å². The lowest BCUT2D eigenvalue weighted by Gasteiger charge is -2.40. The molecule has 2 bridgehead atoms. The van der Waals surface area contributed by atoms with Crippen LogP contribution in [0.2, 0.25) is 5.02 Å². The Labute approximate surface area is 108 Å². The van der Waals surface area contributed by atoms with E-state index >= 15 is 0 Å². The Bertz CT molecular complexity index is 514. The van der Waals surface area contributed by atoms with Gasteiger partial charge in [0.15, 0.2) is 0 Å². The lowest BCUT2D eigenvalue weighted by molar-refractivity contribution is 0.168. The summed E-state index contributed by atoms with van der Waals surface area (Å²) in [6.07, 6.45) is 10.5. The summed E-state index contributed by atoms with van der Waals surface area (Å²) in [5.41, 5.74) is 5.40. The third-order valence-corrected chi connectivity index (χ3v) is 5.48. The largest absolute Gasteiger partial charge is 0.0850 e. The summed E-state index contributed by atoms with van der Waals surface area (Å²) in [6.45, 7) is 0. The van der Waals surface area contributed by atoms with E-state index in [9.17, 15) is 0 Å². The van der Waals surface area contributed by atoms with Crippen LogP contribution in [-0.4, -0.2) is 0 Å². The number of allylic oxidation sites excluding steroid dienone is 2. The quantitative estimate of drug-likeness (QED) is 0.587. The highest BCUT2D eigenvalue weighted by Crippen LogP contribution is 2.58. The van der Waals surface area contributed by atoms with Crippen LogP contribution in [-0.2, 0) is 12.8 Å². The Morgan fingerprint density at radius 3 is 2.88 bits per heavy atom. The first-order valence-corrected chi connectivity index (χ1v) is 7.08. The summed E-state index contributed by atoms with van der Waals surface area (Å²) in [5, 5.41) is 0.906. The molecule has 0 heterocycles. The summed E-state index contributed by atoms with van der Waals surface area (Å²) in [5.74, 6) is 0.935. The number of aryl methyl sites for hydroxylation is 1. The van der Waals surface area contributed by atoms with Crippen LogP contribution >= 0.6 is 11.6 Å². The average molecular weight is 245 g/mol. The molecule has 17 heavy (non-hydrogen) atoms. The molecule has 2 atom stereocenters. The average Bonchev–Trinajstić information content (AvgIpc) is 2.88. The summed E-state index contributed by atoms with van der Waals surface area (Å²) in [4.78, 5) is 0. The summed E-state index contributed by atoms with van der Waals surface area (Å²) >= 11 is 6.14. The van der Waals surface area contributed by atoms with Gasteiger partial charge >= 0.3 is 0 Å². The lowest BCUT2D eigenvalue weighted by Crippen LogP contribution is -2.33. The molecule has 0 amide bonds. The summed E-state index contributed by atoms with van der Waals surface area (Å²) < 4.78 is 0. The fourth-order valence-electron chi connectivity index (χ4n) is 4.35. The van der Waals surface area contributed by atoms with Gasteiger partial charge < -0.3 is 0 Å². The maximum atomic E-state index is 6.14. The minimum atomic E-state index is 0.599. The van der Waals surface area contributed by atoms with Gasteiger partial charge in [-0.05, 0) is 73.1 Å². The Morgan fingerprint density at radius 2 is 2.12 bits per heavy atom. The van der Waals surface area contributed by atoms with Gasteiger partial charge in [0.05, 0.1) is 0 Å². The smallest absolute Gasteiger partial charge is 0.0408 e. The SMILES string of the molecule is Clc1ccc2c(c1)CC1(CC2)CC2=CCC1C2. The lowest BCUT2D eigenvalue weighted by atomic mass is 9.64. The number of rotatable bonds is 0. The highest BCUT2D eigenvalue weighted by Gasteiger charge is 2.48. The molecule has 1 saturated carbocycles. The Kier molecular flexibility index (Phi) is 2.03. The second-order valence-corrected chi connectivity index (χ2v) is 6.56. The maximum absolute atomic E-state index is 6.14. The molecule has 1 spiro atoms. The maximum Gasteiger partial charge on any atom is 0.0408 e. The van der Waals surface area contributed by atoms with Crippen molar-refractivity contribution in [2.75, 3.05) is 0 Å². The Balaban J connectivity index is 1.73. The Morgan fingerprint density at radius 1 is 1.18 bits per heavy atom. The highest BCUT2D eigenvalue weighted by molar-refractivity contribution is 6.30. The van der Waals surface area contributed by atoms with Gasteiger partial charge in [0, 0.05) is 5.02 Å². The predicted octanol–water partition coefficient (Wildman–Crippen LogP) is 4.56. The molecule has 1 aromatic rings. The van der Waals surface area contributed by atoms with E-state index in [1.165, 1.54) is 49.7 Å². The molecule has 1 fully saturated rings. The highest BCUT2D eigenvalue weighted by atomic mass is 35.5. The van der Waals surface area contributed by atoms with E-state index in [0.29, 0.717) is 5.41 Å². The van der Waals surface area contributed by atoms with Gasteiger partial charge in [-0.25, -0.2) is 0 Å². The molecular formula is C16H17Cl. The van der Waals surface area contributed by atoms with E-state index in [1.807, 2.05) is 6.07 Å². The van der Waals surface area contributed by atoms with Crippen LogP contribution in [0.4, 0.5) is 0 Å². The molecule has 4 rings (SSSR count). The monoisotopic (exact) mass is 244 g/mol. The van der Waals surface area contributed by atoms with E-state index in [1.54, 1.807) is 5.57 Å². The van der Waals surface area contributed by atoms with Gasteiger partial charge in [-0.2, -0.15) is 0 Å². The van der Waals surface area contributed by atoms with Crippen molar-refractivity contribution < 1.29 is 0 Å². The second kappa shape index (κ2) is 3.38. The van der Waals surface area contributed by atoms with Crippen molar-refractivity contribution in [3.05, 3.63) is 46.0 Å². The first-order valence-electron chi connectivity index (χ1n) is 6.70. The molecular weight excluding hydrogens is 228 g/mol. The van der Waals surface area contributed by atoms with E-state index in [0.717, 1.165) is 10.9 Å². The van der Waals surface area contributed by atoms with Gasteiger partial charge in [-0.1, -0.05) is 29.3 Å². The third kappa shape index (κ3) is 1.43. The molecule has 1 heteroatoms. The van der Waals surface area contributed by atoms with Crippen LogP contribution in [0.3, 0.4) is 0 Å². The van der Waals surface area contributed by atoms with Crippen LogP contribution < -0.4 is 0 Å². The molecule has 0 radical (unpaired) electrons. The van der Waals surface area contributed by atoms with Crippen molar-refractivity contribution >= 4 is 11.6 Å². The second-order valence-electron chi connectivity index (χ2n) is 6.13. The Hall–Kier alpha value is -0.750. The van der Waals surface area contributed by atoms with Crippen LogP contribution in [0.15, 0.2) is 29.8 Å². The van der Waals surface area contributed by atoms with Crippen molar-refractivity contribution in [2.45, 2.75) is 38.5 Å².